The minimum absolute atomic E-state index is 0.151. The Morgan fingerprint density at radius 1 is 0.966 bits per heavy atom. The summed E-state index contributed by atoms with van der Waals surface area (Å²) < 4.78 is 11.9. The van der Waals surface area contributed by atoms with Gasteiger partial charge in [-0.3, -0.25) is 0 Å². The minimum Gasteiger partial charge on any atom is -0.508 e. The molecule has 0 bridgehead atoms. The summed E-state index contributed by atoms with van der Waals surface area (Å²) in [6.07, 6.45) is 0. The van der Waals surface area contributed by atoms with E-state index in [1.807, 2.05) is 38.4 Å². The maximum absolute atomic E-state index is 9.89. The Morgan fingerprint density at radius 3 is 2.45 bits per heavy atom. The fourth-order valence-corrected chi connectivity index (χ4v) is 3.92. The number of phenolic OH excluding ortho intramolecular Hbond substituents is 1. The van der Waals surface area contributed by atoms with Crippen molar-refractivity contribution in [3.8, 4) is 17.2 Å². The zero-order chi connectivity index (χ0) is 20.2. The van der Waals surface area contributed by atoms with Gasteiger partial charge in [0, 0.05) is 30.0 Å². The smallest absolute Gasteiger partial charge is 0.126 e. The van der Waals surface area contributed by atoms with E-state index in [2.05, 4.69) is 41.3 Å². The number of hydrogen-bond donors (Lipinski definition) is 1. The zero-order valence-electron chi connectivity index (χ0n) is 16.9. The highest BCUT2D eigenvalue weighted by Gasteiger charge is 2.33. The summed E-state index contributed by atoms with van der Waals surface area (Å²) >= 11 is 0. The molecule has 0 amide bonds. The second kappa shape index (κ2) is 8.58. The van der Waals surface area contributed by atoms with Crippen molar-refractivity contribution in [3.05, 3.63) is 89.5 Å². The van der Waals surface area contributed by atoms with Crippen molar-refractivity contribution >= 4 is 0 Å². The summed E-state index contributed by atoms with van der Waals surface area (Å²) in [4.78, 5) is 2.10. The maximum Gasteiger partial charge on any atom is 0.126 e. The van der Waals surface area contributed by atoms with E-state index in [-0.39, 0.29) is 17.6 Å². The minimum atomic E-state index is 0.151. The summed E-state index contributed by atoms with van der Waals surface area (Å²) in [5, 5.41) is 9.89. The summed E-state index contributed by atoms with van der Waals surface area (Å²) in [5.41, 5.74) is 3.57. The Morgan fingerprint density at radius 2 is 1.72 bits per heavy atom. The number of rotatable bonds is 6. The molecule has 29 heavy (non-hydrogen) atoms. The van der Waals surface area contributed by atoms with E-state index in [1.165, 1.54) is 11.1 Å². The SMILES string of the molecule is CN(C)CCOc1ccc([C@H]2c3ccc(O)cc3OC[C@H]2c2ccccc2)cc1. The van der Waals surface area contributed by atoms with Crippen LogP contribution in [0.5, 0.6) is 17.2 Å². The molecule has 1 heterocycles. The third-order valence-electron chi connectivity index (χ3n) is 5.43. The molecule has 0 aliphatic carbocycles. The molecule has 0 radical (unpaired) electrons. The molecule has 4 rings (SSSR count). The number of nitrogens with zero attached hydrogens (tertiary/aromatic N) is 1. The van der Waals surface area contributed by atoms with E-state index in [4.69, 9.17) is 9.47 Å². The lowest BCUT2D eigenvalue weighted by molar-refractivity contribution is 0.247. The third kappa shape index (κ3) is 4.38. The highest BCUT2D eigenvalue weighted by atomic mass is 16.5. The van der Waals surface area contributed by atoms with Crippen LogP contribution < -0.4 is 9.47 Å². The fourth-order valence-electron chi connectivity index (χ4n) is 3.92. The van der Waals surface area contributed by atoms with Gasteiger partial charge in [0.15, 0.2) is 0 Å². The Kier molecular flexibility index (Phi) is 5.72. The zero-order valence-corrected chi connectivity index (χ0v) is 16.9. The highest BCUT2D eigenvalue weighted by Crippen LogP contribution is 2.47. The number of benzene rings is 3. The van der Waals surface area contributed by atoms with Crippen LogP contribution in [0, 0.1) is 0 Å². The van der Waals surface area contributed by atoms with Gasteiger partial charge >= 0.3 is 0 Å². The van der Waals surface area contributed by atoms with E-state index in [1.54, 1.807) is 12.1 Å². The van der Waals surface area contributed by atoms with E-state index in [0.717, 1.165) is 23.6 Å². The maximum atomic E-state index is 9.89. The van der Waals surface area contributed by atoms with Crippen molar-refractivity contribution in [3.63, 3.8) is 0 Å². The molecule has 0 saturated heterocycles. The summed E-state index contributed by atoms with van der Waals surface area (Å²) in [6.45, 7) is 2.12. The molecular formula is C25H27NO3. The van der Waals surface area contributed by atoms with E-state index in [9.17, 15) is 5.11 Å². The molecule has 4 heteroatoms. The molecule has 3 aromatic rings. The molecule has 150 valence electrons. The monoisotopic (exact) mass is 389 g/mol. The van der Waals surface area contributed by atoms with Crippen molar-refractivity contribution < 1.29 is 14.6 Å². The molecule has 0 aromatic heterocycles. The molecule has 1 aliphatic rings. The van der Waals surface area contributed by atoms with E-state index < -0.39 is 0 Å². The first kappa shape index (κ1) is 19.3. The number of fused-ring (bicyclic) bond motifs is 1. The quantitative estimate of drug-likeness (QED) is 0.667. The normalized spacial score (nSPS) is 18.2. The average molecular weight is 389 g/mol. The van der Waals surface area contributed by atoms with Gasteiger partial charge in [0.1, 0.15) is 23.9 Å². The van der Waals surface area contributed by atoms with Crippen LogP contribution in [-0.4, -0.2) is 43.9 Å². The molecule has 0 unspecified atom stereocenters. The van der Waals surface area contributed by atoms with Gasteiger partial charge in [0.25, 0.3) is 0 Å². The topological polar surface area (TPSA) is 41.9 Å². The largest absolute Gasteiger partial charge is 0.508 e. The van der Waals surface area contributed by atoms with Gasteiger partial charge in [0.05, 0.1) is 6.61 Å². The molecular weight excluding hydrogens is 362 g/mol. The van der Waals surface area contributed by atoms with Crippen molar-refractivity contribution in [1.29, 1.82) is 0 Å². The van der Waals surface area contributed by atoms with Gasteiger partial charge in [-0.1, -0.05) is 48.5 Å². The lowest BCUT2D eigenvalue weighted by Crippen LogP contribution is -2.25. The number of aromatic hydroxyl groups is 1. The van der Waals surface area contributed by atoms with Crippen molar-refractivity contribution in [2.75, 3.05) is 33.9 Å². The predicted octanol–water partition coefficient (Wildman–Crippen LogP) is 4.64. The molecule has 0 fully saturated rings. The lowest BCUT2D eigenvalue weighted by atomic mass is 9.76. The predicted molar refractivity (Wildman–Crippen MR) is 115 cm³/mol. The van der Waals surface area contributed by atoms with Gasteiger partial charge in [-0.25, -0.2) is 0 Å². The van der Waals surface area contributed by atoms with Crippen LogP contribution in [0.1, 0.15) is 28.5 Å². The fraction of sp³-hybridized carbons (Fsp3) is 0.280. The van der Waals surface area contributed by atoms with Crippen LogP contribution in [0.25, 0.3) is 0 Å². The Hall–Kier alpha value is -2.98. The second-order valence-corrected chi connectivity index (χ2v) is 7.75. The Labute approximate surface area is 172 Å². The highest BCUT2D eigenvalue weighted by molar-refractivity contribution is 5.50. The second-order valence-electron chi connectivity index (χ2n) is 7.75. The molecule has 1 aliphatic heterocycles. The first-order chi connectivity index (χ1) is 14.1. The van der Waals surface area contributed by atoms with Crippen LogP contribution in [0.2, 0.25) is 0 Å². The van der Waals surface area contributed by atoms with Gasteiger partial charge in [-0.2, -0.15) is 0 Å². The molecule has 4 nitrogen and oxygen atoms in total. The third-order valence-corrected chi connectivity index (χ3v) is 5.43. The van der Waals surface area contributed by atoms with Crippen LogP contribution in [0.15, 0.2) is 72.8 Å². The number of hydrogen-bond acceptors (Lipinski definition) is 4. The van der Waals surface area contributed by atoms with Gasteiger partial charge < -0.3 is 19.5 Å². The standard InChI is InChI=1S/C25H27NO3/c1-26(2)14-15-28-21-11-8-19(9-12-21)25-22-13-10-20(27)16-24(22)29-17-23(25)18-6-4-3-5-7-18/h3-13,16,23,25,27H,14-15,17H2,1-2H3/t23-,25-/m0/s1. The molecule has 0 saturated carbocycles. The van der Waals surface area contributed by atoms with Crippen LogP contribution in [-0.2, 0) is 0 Å². The van der Waals surface area contributed by atoms with E-state index >= 15 is 0 Å². The lowest BCUT2D eigenvalue weighted by Gasteiger charge is -2.34. The summed E-state index contributed by atoms with van der Waals surface area (Å²) in [5.74, 6) is 2.22. The first-order valence-corrected chi connectivity index (χ1v) is 10.00. The van der Waals surface area contributed by atoms with Crippen molar-refractivity contribution in [2.24, 2.45) is 0 Å². The van der Waals surface area contributed by atoms with Crippen molar-refractivity contribution in [1.82, 2.24) is 4.90 Å². The van der Waals surface area contributed by atoms with E-state index in [0.29, 0.717) is 13.2 Å². The molecule has 0 spiro atoms. The molecule has 2 atom stereocenters. The van der Waals surface area contributed by atoms with Gasteiger partial charge in [0.2, 0.25) is 0 Å². The van der Waals surface area contributed by atoms with Crippen LogP contribution in [0.4, 0.5) is 0 Å². The average Bonchev–Trinajstić information content (AvgIpc) is 2.74. The number of phenols is 1. The van der Waals surface area contributed by atoms with Crippen LogP contribution in [0.3, 0.4) is 0 Å². The van der Waals surface area contributed by atoms with Gasteiger partial charge in [-0.05, 0) is 43.4 Å². The summed E-state index contributed by atoms with van der Waals surface area (Å²) in [7, 11) is 4.08. The Balaban J connectivity index is 1.66. The first-order valence-electron chi connectivity index (χ1n) is 10.00. The number of ether oxygens (including phenoxy) is 2. The van der Waals surface area contributed by atoms with Crippen LogP contribution >= 0.6 is 0 Å². The summed E-state index contributed by atoms with van der Waals surface area (Å²) in [6, 6.07) is 24.3. The Bertz CT molecular complexity index is 938. The molecule has 1 N–H and O–H groups in total. The van der Waals surface area contributed by atoms with Crippen molar-refractivity contribution in [2.45, 2.75) is 11.8 Å². The molecule has 3 aromatic carbocycles. The van der Waals surface area contributed by atoms with Gasteiger partial charge in [-0.15, -0.1) is 0 Å². The number of likely N-dealkylation sites (N-methyl/N-ethyl adjacent to an activating group) is 1.